The monoisotopic (exact) mass is 310 g/mol. The van der Waals surface area contributed by atoms with Crippen molar-refractivity contribution in [2.24, 2.45) is 0 Å². The Bertz CT molecular complexity index is 723. The van der Waals surface area contributed by atoms with Gasteiger partial charge in [-0.1, -0.05) is 18.2 Å². The Labute approximate surface area is 139 Å². The molecule has 0 saturated carbocycles. The lowest BCUT2D eigenvalue weighted by Crippen LogP contribution is -2.32. The van der Waals surface area contributed by atoms with E-state index in [2.05, 4.69) is 58.9 Å². The Kier molecular flexibility index (Phi) is 4.20. The molecule has 2 aromatic rings. The fourth-order valence-corrected chi connectivity index (χ4v) is 3.57. The average Bonchev–Trinajstić information content (AvgIpc) is 2.50. The summed E-state index contributed by atoms with van der Waals surface area (Å²) < 4.78 is 12.2. The lowest BCUT2D eigenvalue weighted by Gasteiger charge is -2.34. The highest BCUT2D eigenvalue weighted by molar-refractivity contribution is 5.46. The highest BCUT2D eigenvalue weighted by Gasteiger charge is 2.32. The van der Waals surface area contributed by atoms with Crippen molar-refractivity contribution in [1.29, 1.82) is 0 Å². The number of aryl methyl sites for hydroxylation is 4. The summed E-state index contributed by atoms with van der Waals surface area (Å²) in [5.41, 5.74) is 8.99. The van der Waals surface area contributed by atoms with Crippen LogP contribution in [0.2, 0.25) is 0 Å². The van der Waals surface area contributed by atoms with Crippen molar-refractivity contribution in [3.05, 3.63) is 63.2 Å². The molecule has 0 fully saturated rings. The predicted molar refractivity (Wildman–Crippen MR) is 94.4 cm³/mol. The van der Waals surface area contributed by atoms with E-state index < -0.39 is 0 Å². The third-order valence-corrected chi connectivity index (χ3v) is 5.15. The lowest BCUT2D eigenvalue weighted by atomic mass is 9.89. The molecule has 0 aromatic heterocycles. The largest absolute Gasteiger partial charge is 0.483 e. The van der Waals surface area contributed by atoms with Crippen LogP contribution in [0.25, 0.3) is 0 Å². The highest BCUT2D eigenvalue weighted by atomic mass is 16.5. The summed E-state index contributed by atoms with van der Waals surface area (Å²) in [4.78, 5) is 0. The van der Waals surface area contributed by atoms with Gasteiger partial charge >= 0.3 is 0 Å². The molecule has 1 aliphatic heterocycles. The normalized spacial score (nSPS) is 20.1. The molecule has 2 unspecified atom stereocenters. The van der Waals surface area contributed by atoms with Crippen LogP contribution in [0.15, 0.2) is 24.3 Å². The zero-order valence-corrected chi connectivity index (χ0v) is 15.0. The van der Waals surface area contributed by atoms with Crippen LogP contribution in [0, 0.1) is 34.6 Å². The van der Waals surface area contributed by atoms with Gasteiger partial charge in [-0.25, -0.2) is 0 Å². The van der Waals surface area contributed by atoms with Crippen molar-refractivity contribution in [2.45, 2.75) is 53.2 Å². The van der Waals surface area contributed by atoms with Crippen molar-refractivity contribution in [3.8, 4) is 5.75 Å². The van der Waals surface area contributed by atoms with E-state index >= 15 is 0 Å². The Balaban J connectivity index is 2.05. The predicted octanol–water partition coefficient (Wildman–Crippen LogP) is 4.92. The Morgan fingerprint density at radius 1 is 0.913 bits per heavy atom. The fraction of sp³-hybridized carbons (Fsp3) is 0.429. The SMILES string of the molecule is COC1Cc2c(C)cc(C)cc2OC1c1cc(C)c(C)c(C)c1. The van der Waals surface area contributed by atoms with E-state index in [9.17, 15) is 0 Å². The van der Waals surface area contributed by atoms with E-state index in [4.69, 9.17) is 9.47 Å². The molecule has 0 spiro atoms. The zero-order valence-electron chi connectivity index (χ0n) is 15.0. The number of fused-ring (bicyclic) bond motifs is 1. The first-order valence-electron chi connectivity index (χ1n) is 8.28. The van der Waals surface area contributed by atoms with Gasteiger partial charge in [0.05, 0.1) is 0 Å². The molecule has 1 aliphatic rings. The number of hydrogen-bond acceptors (Lipinski definition) is 2. The summed E-state index contributed by atoms with van der Waals surface area (Å²) in [7, 11) is 1.78. The zero-order chi connectivity index (χ0) is 16.7. The third-order valence-electron chi connectivity index (χ3n) is 5.15. The summed E-state index contributed by atoms with van der Waals surface area (Å²) in [6.07, 6.45) is 0.895. The highest BCUT2D eigenvalue weighted by Crippen LogP contribution is 2.39. The molecule has 0 radical (unpaired) electrons. The Morgan fingerprint density at radius 3 is 2.17 bits per heavy atom. The summed E-state index contributed by atoms with van der Waals surface area (Å²) in [6, 6.07) is 8.85. The molecule has 0 amide bonds. The average molecular weight is 310 g/mol. The summed E-state index contributed by atoms with van der Waals surface area (Å²) in [5, 5.41) is 0. The van der Waals surface area contributed by atoms with Crippen LogP contribution in [-0.4, -0.2) is 13.2 Å². The first-order valence-corrected chi connectivity index (χ1v) is 8.28. The molecule has 0 aliphatic carbocycles. The minimum Gasteiger partial charge on any atom is -0.483 e. The molecular weight excluding hydrogens is 284 g/mol. The van der Waals surface area contributed by atoms with Gasteiger partial charge in [-0.3, -0.25) is 0 Å². The van der Waals surface area contributed by atoms with Gasteiger partial charge in [0.25, 0.3) is 0 Å². The number of ether oxygens (including phenoxy) is 2. The Hall–Kier alpha value is -1.80. The van der Waals surface area contributed by atoms with Crippen molar-refractivity contribution in [2.75, 3.05) is 7.11 Å². The first kappa shape index (κ1) is 16.1. The minimum absolute atomic E-state index is 0.0467. The van der Waals surface area contributed by atoms with E-state index in [1.165, 1.54) is 38.9 Å². The van der Waals surface area contributed by atoms with Gasteiger partial charge in [-0.15, -0.1) is 0 Å². The van der Waals surface area contributed by atoms with Crippen LogP contribution in [0.3, 0.4) is 0 Å². The molecule has 0 bridgehead atoms. The van der Waals surface area contributed by atoms with Crippen LogP contribution >= 0.6 is 0 Å². The van der Waals surface area contributed by atoms with E-state index in [0.717, 1.165) is 12.2 Å². The number of hydrogen-bond donors (Lipinski definition) is 0. The second kappa shape index (κ2) is 6.01. The third kappa shape index (κ3) is 2.88. The van der Waals surface area contributed by atoms with Crippen molar-refractivity contribution in [3.63, 3.8) is 0 Å². The summed E-state index contributed by atoms with van der Waals surface area (Å²) in [5.74, 6) is 1.01. The first-order chi connectivity index (χ1) is 10.9. The molecule has 122 valence electrons. The maximum Gasteiger partial charge on any atom is 0.150 e. The summed E-state index contributed by atoms with van der Waals surface area (Å²) in [6.45, 7) is 10.8. The second-order valence-electron chi connectivity index (χ2n) is 6.85. The van der Waals surface area contributed by atoms with Gasteiger partial charge in [-0.05, 0) is 79.6 Å². The number of rotatable bonds is 2. The van der Waals surface area contributed by atoms with Gasteiger partial charge < -0.3 is 9.47 Å². The van der Waals surface area contributed by atoms with E-state index in [1.807, 2.05) is 0 Å². The van der Waals surface area contributed by atoms with E-state index in [0.29, 0.717) is 0 Å². The summed E-state index contributed by atoms with van der Waals surface area (Å²) >= 11 is 0. The molecule has 3 rings (SSSR count). The van der Waals surface area contributed by atoms with E-state index in [-0.39, 0.29) is 12.2 Å². The quantitative estimate of drug-likeness (QED) is 0.784. The Morgan fingerprint density at radius 2 is 1.57 bits per heavy atom. The fourth-order valence-electron chi connectivity index (χ4n) is 3.57. The van der Waals surface area contributed by atoms with Gasteiger partial charge in [0.1, 0.15) is 11.9 Å². The van der Waals surface area contributed by atoms with Crippen molar-refractivity contribution < 1.29 is 9.47 Å². The number of methoxy groups -OCH3 is 1. The molecule has 0 N–H and O–H groups in total. The molecule has 2 heteroatoms. The van der Waals surface area contributed by atoms with Gasteiger partial charge in [-0.2, -0.15) is 0 Å². The van der Waals surface area contributed by atoms with Crippen LogP contribution in [-0.2, 0) is 11.2 Å². The van der Waals surface area contributed by atoms with Crippen molar-refractivity contribution in [1.82, 2.24) is 0 Å². The van der Waals surface area contributed by atoms with Crippen LogP contribution in [0.1, 0.15) is 45.0 Å². The smallest absolute Gasteiger partial charge is 0.150 e. The van der Waals surface area contributed by atoms with E-state index in [1.54, 1.807) is 7.11 Å². The molecule has 2 nitrogen and oxygen atoms in total. The molecule has 0 saturated heterocycles. The molecule has 23 heavy (non-hydrogen) atoms. The molecule has 1 heterocycles. The standard InChI is InChI=1S/C21H26O2/c1-12-7-15(4)18-11-20(22-6)21(23-19(18)8-12)17-9-13(2)16(5)14(3)10-17/h7-10,20-21H,11H2,1-6H3. The maximum absolute atomic E-state index is 6.41. The molecule has 2 aromatic carbocycles. The maximum atomic E-state index is 6.41. The molecular formula is C21H26O2. The molecule has 2 atom stereocenters. The van der Waals surface area contributed by atoms with Crippen LogP contribution in [0.5, 0.6) is 5.75 Å². The second-order valence-corrected chi connectivity index (χ2v) is 6.85. The van der Waals surface area contributed by atoms with Crippen LogP contribution < -0.4 is 4.74 Å². The van der Waals surface area contributed by atoms with Gasteiger partial charge in [0.15, 0.2) is 6.10 Å². The van der Waals surface area contributed by atoms with Crippen molar-refractivity contribution >= 4 is 0 Å². The number of benzene rings is 2. The van der Waals surface area contributed by atoms with Crippen LogP contribution in [0.4, 0.5) is 0 Å². The van der Waals surface area contributed by atoms with Gasteiger partial charge in [0, 0.05) is 13.5 Å². The van der Waals surface area contributed by atoms with Gasteiger partial charge in [0.2, 0.25) is 0 Å². The topological polar surface area (TPSA) is 18.5 Å². The minimum atomic E-state index is -0.0494. The lowest BCUT2D eigenvalue weighted by molar-refractivity contribution is -0.0116.